The van der Waals surface area contributed by atoms with Gasteiger partial charge in [0.15, 0.2) is 0 Å². The Bertz CT molecular complexity index is 835. The summed E-state index contributed by atoms with van der Waals surface area (Å²) in [6.07, 6.45) is 2.15. The van der Waals surface area contributed by atoms with Crippen molar-refractivity contribution in [3.8, 4) is 5.75 Å². The van der Waals surface area contributed by atoms with Crippen molar-refractivity contribution in [2.75, 3.05) is 6.61 Å². The monoisotopic (exact) mass is 335 g/mol. The summed E-state index contributed by atoms with van der Waals surface area (Å²) < 4.78 is 8.20. The Balaban J connectivity index is 1.63. The molecule has 0 aliphatic rings. The van der Waals surface area contributed by atoms with Crippen LogP contribution < -0.4 is 4.74 Å². The molecule has 0 atom stereocenters. The Labute approximate surface area is 151 Å². The quantitative estimate of drug-likeness (QED) is 0.546. The molecule has 0 spiro atoms. The van der Waals surface area contributed by atoms with Crippen LogP contribution in [0.25, 0.3) is 10.9 Å². The Morgan fingerprint density at radius 1 is 0.960 bits per heavy atom. The van der Waals surface area contributed by atoms with Gasteiger partial charge in [0.05, 0.1) is 6.54 Å². The maximum atomic E-state index is 5.94. The van der Waals surface area contributed by atoms with Gasteiger partial charge in [-0.3, -0.25) is 0 Å². The molecule has 2 aromatic carbocycles. The largest absolute Gasteiger partial charge is 0.492 e. The molecule has 1 aromatic heterocycles. The molecule has 3 rings (SSSR count). The third kappa shape index (κ3) is 4.07. The summed E-state index contributed by atoms with van der Waals surface area (Å²) in [5.41, 5.74) is 4.17. The molecule has 0 radical (unpaired) electrons. The van der Waals surface area contributed by atoms with Crippen molar-refractivity contribution in [2.24, 2.45) is 0 Å². The molecule has 1 heterocycles. The molecule has 0 N–H and O–H groups in total. The van der Waals surface area contributed by atoms with Crippen molar-refractivity contribution >= 4 is 10.9 Å². The van der Waals surface area contributed by atoms with Crippen LogP contribution in [0.4, 0.5) is 0 Å². The zero-order valence-corrected chi connectivity index (χ0v) is 16.0. The fourth-order valence-electron chi connectivity index (χ4n) is 3.09. The van der Waals surface area contributed by atoms with E-state index in [1.165, 1.54) is 22.0 Å². The summed E-state index contributed by atoms with van der Waals surface area (Å²) in [6.45, 7) is 12.7. The van der Waals surface area contributed by atoms with Gasteiger partial charge in [-0.1, -0.05) is 52.8 Å². The van der Waals surface area contributed by atoms with Crippen molar-refractivity contribution in [2.45, 2.75) is 52.5 Å². The number of ether oxygens (including phenoxy) is 1. The predicted octanol–water partition coefficient (Wildman–Crippen LogP) is 6.14. The van der Waals surface area contributed by atoms with E-state index in [0.717, 1.165) is 12.3 Å². The van der Waals surface area contributed by atoms with Crippen LogP contribution in [0.3, 0.4) is 0 Å². The van der Waals surface area contributed by atoms with Crippen LogP contribution >= 0.6 is 0 Å². The summed E-state index contributed by atoms with van der Waals surface area (Å²) >= 11 is 0. The molecule has 25 heavy (non-hydrogen) atoms. The molecule has 0 aliphatic carbocycles. The number of rotatable bonds is 5. The minimum Gasteiger partial charge on any atom is -0.492 e. The van der Waals surface area contributed by atoms with E-state index in [-0.39, 0.29) is 5.41 Å². The van der Waals surface area contributed by atoms with Crippen molar-refractivity contribution in [1.82, 2.24) is 4.57 Å². The number of aromatic nitrogens is 1. The molecule has 0 unspecified atom stereocenters. The van der Waals surface area contributed by atoms with Gasteiger partial charge in [0.25, 0.3) is 0 Å². The lowest BCUT2D eigenvalue weighted by atomic mass is 9.87. The summed E-state index contributed by atoms with van der Waals surface area (Å²) in [5.74, 6) is 1.50. The van der Waals surface area contributed by atoms with Crippen molar-refractivity contribution in [3.05, 3.63) is 65.9 Å². The minimum absolute atomic E-state index is 0.178. The number of hydrogen-bond donors (Lipinski definition) is 0. The highest BCUT2D eigenvalue weighted by atomic mass is 16.5. The zero-order valence-electron chi connectivity index (χ0n) is 16.0. The summed E-state index contributed by atoms with van der Waals surface area (Å²) in [5, 5.41) is 1.31. The fourth-order valence-corrected chi connectivity index (χ4v) is 3.09. The minimum atomic E-state index is 0.178. The van der Waals surface area contributed by atoms with Gasteiger partial charge in [-0.25, -0.2) is 0 Å². The Morgan fingerprint density at radius 3 is 2.32 bits per heavy atom. The highest BCUT2D eigenvalue weighted by Gasteiger charge is 2.13. The first kappa shape index (κ1) is 17.6. The molecule has 0 bridgehead atoms. The van der Waals surface area contributed by atoms with Crippen molar-refractivity contribution in [1.29, 1.82) is 0 Å². The first-order valence-electron chi connectivity index (χ1n) is 9.17. The smallest absolute Gasteiger partial charge is 0.119 e. The molecule has 2 nitrogen and oxygen atoms in total. The average Bonchev–Trinajstić information content (AvgIpc) is 2.97. The normalized spacial score (nSPS) is 12.1. The van der Waals surface area contributed by atoms with E-state index in [4.69, 9.17) is 4.74 Å². The Hall–Kier alpha value is -2.22. The Kier molecular flexibility index (Phi) is 4.89. The van der Waals surface area contributed by atoms with Gasteiger partial charge < -0.3 is 9.30 Å². The highest BCUT2D eigenvalue weighted by molar-refractivity contribution is 5.81. The van der Waals surface area contributed by atoms with Gasteiger partial charge in [0.2, 0.25) is 0 Å². The lowest BCUT2D eigenvalue weighted by Gasteiger charge is -2.19. The van der Waals surface area contributed by atoms with Gasteiger partial charge in [0.1, 0.15) is 12.4 Å². The predicted molar refractivity (Wildman–Crippen MR) is 107 cm³/mol. The van der Waals surface area contributed by atoms with Crippen molar-refractivity contribution < 1.29 is 4.74 Å². The first-order valence-corrected chi connectivity index (χ1v) is 9.17. The van der Waals surface area contributed by atoms with Crippen LogP contribution in [-0.4, -0.2) is 11.2 Å². The number of nitrogens with zero attached hydrogens (tertiary/aromatic N) is 1. The number of benzene rings is 2. The van der Waals surface area contributed by atoms with Gasteiger partial charge in [-0.05, 0) is 58.2 Å². The molecule has 0 amide bonds. The molecule has 0 fully saturated rings. The van der Waals surface area contributed by atoms with E-state index in [9.17, 15) is 0 Å². The molecule has 0 aliphatic heterocycles. The second-order valence-corrected chi connectivity index (χ2v) is 8.10. The number of hydrogen-bond acceptors (Lipinski definition) is 1. The standard InChI is InChI=1S/C23H29NO/c1-17(2)18-6-11-22-19(16-18)12-13-24(22)14-15-25-21-9-7-20(8-10-21)23(3,4)5/h6-13,16-17H,14-15H2,1-5H3. The molecule has 0 saturated carbocycles. The van der Waals surface area contributed by atoms with E-state index in [1.807, 2.05) is 0 Å². The van der Waals surface area contributed by atoms with Gasteiger partial charge in [0, 0.05) is 11.7 Å². The van der Waals surface area contributed by atoms with Gasteiger partial charge in [-0.2, -0.15) is 0 Å². The van der Waals surface area contributed by atoms with Gasteiger partial charge >= 0.3 is 0 Å². The second-order valence-electron chi connectivity index (χ2n) is 8.10. The highest BCUT2D eigenvalue weighted by Crippen LogP contribution is 2.25. The van der Waals surface area contributed by atoms with Crippen LogP contribution in [0.15, 0.2) is 54.7 Å². The van der Waals surface area contributed by atoms with Crippen LogP contribution in [0.5, 0.6) is 5.75 Å². The number of fused-ring (bicyclic) bond motifs is 1. The molecular weight excluding hydrogens is 306 g/mol. The third-order valence-electron chi connectivity index (χ3n) is 4.78. The maximum Gasteiger partial charge on any atom is 0.119 e. The van der Waals surface area contributed by atoms with Crippen LogP contribution in [0, 0.1) is 0 Å². The van der Waals surface area contributed by atoms with Gasteiger partial charge in [-0.15, -0.1) is 0 Å². The third-order valence-corrected chi connectivity index (χ3v) is 4.78. The summed E-state index contributed by atoms with van der Waals surface area (Å²) in [7, 11) is 0. The van der Waals surface area contributed by atoms with E-state index in [2.05, 4.69) is 93.9 Å². The zero-order chi connectivity index (χ0) is 18.0. The second kappa shape index (κ2) is 6.95. The summed E-state index contributed by atoms with van der Waals surface area (Å²) in [4.78, 5) is 0. The lowest BCUT2D eigenvalue weighted by Crippen LogP contribution is -2.11. The molecular formula is C23H29NO. The van der Waals surface area contributed by atoms with E-state index in [1.54, 1.807) is 0 Å². The molecule has 132 valence electrons. The SMILES string of the molecule is CC(C)c1ccc2c(ccn2CCOc2ccc(C(C)(C)C)cc2)c1. The Morgan fingerprint density at radius 2 is 1.68 bits per heavy atom. The lowest BCUT2D eigenvalue weighted by molar-refractivity contribution is 0.300. The van der Waals surface area contributed by atoms with Crippen LogP contribution in [-0.2, 0) is 12.0 Å². The topological polar surface area (TPSA) is 14.2 Å². The molecule has 0 saturated heterocycles. The van der Waals surface area contributed by atoms with E-state index < -0.39 is 0 Å². The van der Waals surface area contributed by atoms with E-state index >= 15 is 0 Å². The summed E-state index contributed by atoms with van der Waals surface area (Å²) in [6, 6.07) is 17.4. The average molecular weight is 335 g/mol. The van der Waals surface area contributed by atoms with Crippen LogP contribution in [0.1, 0.15) is 51.7 Å². The first-order chi connectivity index (χ1) is 11.8. The maximum absolute atomic E-state index is 5.94. The molecule has 2 heteroatoms. The molecule has 3 aromatic rings. The fraction of sp³-hybridized carbons (Fsp3) is 0.391. The van der Waals surface area contributed by atoms with Crippen molar-refractivity contribution in [3.63, 3.8) is 0 Å². The van der Waals surface area contributed by atoms with Crippen LogP contribution in [0.2, 0.25) is 0 Å². The van der Waals surface area contributed by atoms with E-state index in [0.29, 0.717) is 12.5 Å².